The minimum atomic E-state index is 1.02. The first-order chi connectivity index (χ1) is 31.6. The first-order valence-corrected chi connectivity index (χ1v) is 22.4. The molecule has 1 nitrogen and oxygen atoms in total. The van der Waals surface area contributed by atoms with Gasteiger partial charge in [0.1, 0.15) is 0 Å². The van der Waals surface area contributed by atoms with Crippen molar-refractivity contribution < 1.29 is 0 Å². The molecule has 0 fully saturated rings. The van der Waals surface area contributed by atoms with Gasteiger partial charge in [0.2, 0.25) is 0 Å². The van der Waals surface area contributed by atoms with Crippen LogP contribution in [0.4, 0.5) is 17.1 Å². The molecule has 64 heavy (non-hydrogen) atoms. The van der Waals surface area contributed by atoms with Crippen LogP contribution >= 0.6 is 0 Å². The molecule has 0 saturated carbocycles. The summed E-state index contributed by atoms with van der Waals surface area (Å²) in [7, 11) is 0. The lowest BCUT2D eigenvalue weighted by Gasteiger charge is -2.26. The molecule has 0 spiro atoms. The molecule has 0 saturated heterocycles. The molecule has 0 radical (unpaired) electrons. The number of rotatable bonds is 9. The molecule has 0 aliphatic heterocycles. The Morgan fingerprint density at radius 1 is 0.234 bits per heavy atom. The number of hydrogen-bond donors (Lipinski definition) is 0. The summed E-state index contributed by atoms with van der Waals surface area (Å²) in [4.78, 5) is 2.35. The number of anilines is 3. The SMILES string of the molecule is C(=Cc1ccc2c(c1)-c1ccccc1C2)c1ccc(N(c2ccc(C=Cc3ccc4c(c3)-c3ccccc3C4)cc2)c2ccc(C=Cc3ccc4c(c3)-c3ccccc3C4)cc2)cc1. The van der Waals surface area contributed by atoms with E-state index in [0.29, 0.717) is 0 Å². The Bertz CT molecular complexity index is 2970. The largest absolute Gasteiger partial charge is 0.311 e. The Morgan fingerprint density at radius 2 is 0.484 bits per heavy atom. The third kappa shape index (κ3) is 7.21. The summed E-state index contributed by atoms with van der Waals surface area (Å²) in [6.45, 7) is 0. The lowest BCUT2D eigenvalue weighted by atomic mass is 10.0. The van der Waals surface area contributed by atoms with E-state index in [1.807, 2.05) is 0 Å². The van der Waals surface area contributed by atoms with Gasteiger partial charge in [0.05, 0.1) is 0 Å². The fourth-order valence-corrected chi connectivity index (χ4v) is 9.96. The fourth-order valence-electron chi connectivity index (χ4n) is 9.96. The van der Waals surface area contributed by atoms with E-state index >= 15 is 0 Å². The van der Waals surface area contributed by atoms with E-state index in [4.69, 9.17) is 0 Å². The minimum absolute atomic E-state index is 1.02. The van der Waals surface area contributed by atoms with Crippen molar-refractivity contribution in [1.29, 1.82) is 0 Å². The van der Waals surface area contributed by atoms with E-state index in [1.54, 1.807) is 0 Å². The van der Waals surface area contributed by atoms with Crippen LogP contribution in [-0.4, -0.2) is 0 Å². The van der Waals surface area contributed by atoms with Crippen LogP contribution in [0.15, 0.2) is 200 Å². The molecule has 9 aromatic rings. The summed E-state index contributed by atoms with van der Waals surface area (Å²) < 4.78 is 0. The molecule has 1 heteroatoms. The summed E-state index contributed by atoms with van der Waals surface area (Å²) in [6.07, 6.45) is 16.4. The first kappa shape index (κ1) is 37.7. The van der Waals surface area contributed by atoms with E-state index in [2.05, 4.69) is 242 Å². The van der Waals surface area contributed by atoms with Crippen molar-refractivity contribution in [2.75, 3.05) is 4.90 Å². The lowest BCUT2D eigenvalue weighted by Crippen LogP contribution is -2.09. The Hall–Kier alpha value is -8.00. The van der Waals surface area contributed by atoms with E-state index in [-0.39, 0.29) is 0 Å². The van der Waals surface area contributed by atoms with Crippen LogP contribution in [0.5, 0.6) is 0 Å². The van der Waals surface area contributed by atoms with Crippen LogP contribution in [0.2, 0.25) is 0 Å². The summed E-state index contributed by atoms with van der Waals surface area (Å²) in [5, 5.41) is 0. The van der Waals surface area contributed by atoms with Crippen molar-refractivity contribution in [3.05, 3.63) is 267 Å². The fraction of sp³-hybridized carbons (Fsp3) is 0.0476. The maximum absolute atomic E-state index is 2.35. The van der Waals surface area contributed by atoms with Gasteiger partial charge in [0, 0.05) is 17.1 Å². The molecule has 0 amide bonds. The standard InChI is InChI=1S/C63H45N/c1-4-10-58-49(7-1)40-52-28-19-46(37-61(52)58)16-13-43-22-31-55(32-23-43)64(56-33-24-44(25-34-56)14-17-47-20-29-53-41-50-8-2-5-11-59(50)62(53)38-47)57-35-26-45(27-36-57)15-18-48-21-30-54-42-51-9-3-6-12-60(51)63(54)39-48/h1-39H,40-42H2. The Morgan fingerprint density at radius 3 is 0.797 bits per heavy atom. The highest BCUT2D eigenvalue weighted by atomic mass is 15.1. The van der Waals surface area contributed by atoms with Gasteiger partial charge in [0.25, 0.3) is 0 Å². The molecule has 3 aliphatic carbocycles. The molecule has 302 valence electrons. The first-order valence-electron chi connectivity index (χ1n) is 22.4. The zero-order valence-electron chi connectivity index (χ0n) is 35.6. The van der Waals surface area contributed by atoms with Crippen LogP contribution in [-0.2, 0) is 19.3 Å². The maximum atomic E-state index is 2.35. The van der Waals surface area contributed by atoms with Crippen molar-refractivity contribution in [3.8, 4) is 33.4 Å². The Kier molecular flexibility index (Phi) is 9.46. The molecule has 0 atom stereocenters. The highest BCUT2D eigenvalue weighted by Crippen LogP contribution is 2.41. The third-order valence-corrected chi connectivity index (χ3v) is 13.3. The second-order valence-electron chi connectivity index (χ2n) is 17.4. The second-order valence-corrected chi connectivity index (χ2v) is 17.4. The monoisotopic (exact) mass is 815 g/mol. The van der Waals surface area contributed by atoms with Crippen LogP contribution in [0.25, 0.3) is 69.8 Å². The number of benzene rings is 9. The summed E-state index contributed by atoms with van der Waals surface area (Å²) in [5.74, 6) is 0. The highest BCUT2D eigenvalue weighted by Gasteiger charge is 2.20. The number of hydrogen-bond acceptors (Lipinski definition) is 1. The summed E-state index contributed by atoms with van der Waals surface area (Å²) in [6, 6.07) is 73.7. The van der Waals surface area contributed by atoms with Crippen molar-refractivity contribution in [3.63, 3.8) is 0 Å². The van der Waals surface area contributed by atoms with E-state index < -0.39 is 0 Å². The molecule has 3 aliphatic rings. The van der Waals surface area contributed by atoms with Gasteiger partial charge in [-0.15, -0.1) is 0 Å². The van der Waals surface area contributed by atoms with Gasteiger partial charge < -0.3 is 4.90 Å². The number of nitrogens with zero attached hydrogens (tertiary/aromatic N) is 1. The Labute approximate surface area is 376 Å². The van der Waals surface area contributed by atoms with Crippen molar-refractivity contribution in [2.24, 2.45) is 0 Å². The molecule has 9 aromatic carbocycles. The zero-order chi connectivity index (χ0) is 42.4. The van der Waals surface area contributed by atoms with E-state index in [1.165, 1.54) is 83.5 Å². The molecule has 0 N–H and O–H groups in total. The van der Waals surface area contributed by atoms with Crippen molar-refractivity contribution >= 4 is 53.5 Å². The van der Waals surface area contributed by atoms with Gasteiger partial charge in [-0.05, 0) is 174 Å². The van der Waals surface area contributed by atoms with Gasteiger partial charge in [-0.25, -0.2) is 0 Å². The molecular formula is C63H45N. The quantitative estimate of drug-likeness (QED) is 0.131. The smallest absolute Gasteiger partial charge is 0.0462 e. The van der Waals surface area contributed by atoms with Gasteiger partial charge in [-0.1, -0.05) is 182 Å². The predicted molar refractivity (Wildman–Crippen MR) is 272 cm³/mol. The summed E-state index contributed by atoms with van der Waals surface area (Å²) >= 11 is 0. The molecule has 0 aromatic heterocycles. The zero-order valence-corrected chi connectivity index (χ0v) is 35.6. The van der Waals surface area contributed by atoms with Crippen molar-refractivity contribution in [1.82, 2.24) is 0 Å². The van der Waals surface area contributed by atoms with Gasteiger partial charge >= 0.3 is 0 Å². The van der Waals surface area contributed by atoms with Gasteiger partial charge in [0.15, 0.2) is 0 Å². The number of fused-ring (bicyclic) bond motifs is 9. The predicted octanol–water partition coefficient (Wildman–Crippen LogP) is 16.4. The van der Waals surface area contributed by atoms with Crippen LogP contribution in [0, 0.1) is 0 Å². The third-order valence-electron chi connectivity index (χ3n) is 13.3. The molecule has 0 bridgehead atoms. The van der Waals surface area contributed by atoms with Gasteiger partial charge in [-0.3, -0.25) is 0 Å². The summed E-state index contributed by atoms with van der Waals surface area (Å²) in [5.41, 5.74) is 27.1. The molecule has 0 unspecified atom stereocenters. The van der Waals surface area contributed by atoms with E-state index in [0.717, 1.165) is 53.0 Å². The maximum Gasteiger partial charge on any atom is 0.0462 e. The molecule has 0 heterocycles. The van der Waals surface area contributed by atoms with Crippen LogP contribution < -0.4 is 4.90 Å². The topological polar surface area (TPSA) is 3.24 Å². The van der Waals surface area contributed by atoms with Gasteiger partial charge in [-0.2, -0.15) is 0 Å². The highest BCUT2D eigenvalue weighted by molar-refractivity contribution is 5.85. The molecular weight excluding hydrogens is 771 g/mol. The van der Waals surface area contributed by atoms with Crippen molar-refractivity contribution in [2.45, 2.75) is 19.3 Å². The van der Waals surface area contributed by atoms with E-state index in [9.17, 15) is 0 Å². The normalized spacial score (nSPS) is 12.9. The van der Waals surface area contributed by atoms with Crippen LogP contribution in [0.1, 0.15) is 66.8 Å². The second kappa shape index (κ2) is 16.0. The molecule has 12 rings (SSSR count). The minimum Gasteiger partial charge on any atom is -0.311 e. The average molecular weight is 816 g/mol. The Balaban J connectivity index is 0.815. The lowest BCUT2D eigenvalue weighted by molar-refractivity contribution is 1.26. The van der Waals surface area contributed by atoms with Crippen LogP contribution in [0.3, 0.4) is 0 Å². The average Bonchev–Trinajstić information content (AvgIpc) is 4.04.